The van der Waals surface area contributed by atoms with Crippen LogP contribution in [0.25, 0.3) is 0 Å². The number of rotatable bonds is 5. The summed E-state index contributed by atoms with van der Waals surface area (Å²) in [5.41, 5.74) is 3.81. The fourth-order valence-electron chi connectivity index (χ4n) is 3.26. The Morgan fingerprint density at radius 1 is 1.16 bits per heavy atom. The Balaban J connectivity index is 2.14. The van der Waals surface area contributed by atoms with Gasteiger partial charge in [-0.1, -0.05) is 19.9 Å². The number of fused-ring (bicyclic) bond motifs is 1. The maximum Gasteiger partial charge on any atom is 0.118 e. The number of benzene rings is 1. The molecule has 1 aliphatic rings. The van der Waals surface area contributed by atoms with Crippen molar-refractivity contribution in [1.29, 1.82) is 0 Å². The Labute approximate surface area is 117 Å². The van der Waals surface area contributed by atoms with Crippen LogP contribution in [0.3, 0.4) is 0 Å². The Bertz CT molecular complexity index is 422. The number of nitrogens with zero attached hydrogens (tertiary/aromatic N) is 1. The van der Waals surface area contributed by atoms with E-state index in [1.165, 1.54) is 43.5 Å². The molecule has 0 fully saturated rings. The van der Waals surface area contributed by atoms with Crippen LogP contribution in [0.2, 0.25) is 0 Å². The third-order valence-electron chi connectivity index (χ3n) is 4.26. The second kappa shape index (κ2) is 6.42. The first-order chi connectivity index (χ1) is 9.15. The Kier molecular flexibility index (Phi) is 4.87. The highest BCUT2D eigenvalue weighted by molar-refractivity contribution is 5.42. The number of phenols is 1. The normalized spacial score (nSPS) is 18.6. The Morgan fingerprint density at radius 3 is 2.47 bits per heavy atom. The van der Waals surface area contributed by atoms with Crippen molar-refractivity contribution in [2.45, 2.75) is 58.9 Å². The van der Waals surface area contributed by atoms with Crippen molar-refractivity contribution in [3.63, 3.8) is 0 Å². The minimum absolute atomic E-state index is 0.455. The molecule has 0 heterocycles. The van der Waals surface area contributed by atoms with Crippen LogP contribution in [0.15, 0.2) is 12.1 Å². The van der Waals surface area contributed by atoms with Gasteiger partial charge in [-0.15, -0.1) is 0 Å². The van der Waals surface area contributed by atoms with Crippen molar-refractivity contribution in [2.75, 3.05) is 13.1 Å². The molecule has 0 aromatic heterocycles. The lowest BCUT2D eigenvalue weighted by molar-refractivity contribution is 0.180. The van der Waals surface area contributed by atoms with E-state index in [-0.39, 0.29) is 0 Å². The van der Waals surface area contributed by atoms with Crippen LogP contribution < -0.4 is 0 Å². The van der Waals surface area contributed by atoms with Gasteiger partial charge >= 0.3 is 0 Å². The number of phenolic OH excluding ortho intramolecular Hbond substituents is 1. The maximum absolute atomic E-state index is 9.81. The lowest BCUT2D eigenvalue weighted by Gasteiger charge is -2.35. The fourth-order valence-corrected chi connectivity index (χ4v) is 3.26. The summed E-state index contributed by atoms with van der Waals surface area (Å²) in [5.74, 6) is 0.455. The average Bonchev–Trinajstić information content (AvgIpc) is 2.39. The van der Waals surface area contributed by atoms with E-state index in [1.54, 1.807) is 0 Å². The van der Waals surface area contributed by atoms with Crippen LogP contribution in [0.4, 0.5) is 0 Å². The van der Waals surface area contributed by atoms with Gasteiger partial charge in [-0.25, -0.2) is 0 Å². The van der Waals surface area contributed by atoms with E-state index < -0.39 is 0 Å². The quantitative estimate of drug-likeness (QED) is 0.874. The standard InChI is InChI=1S/C17H27NO/c1-4-8-18(9-5-2)16-7-6-14-12-17(19)13(3)10-15(14)11-16/h10,12,16,19H,4-9,11H2,1-3H3/t16-/m0/s1. The molecule has 0 spiro atoms. The zero-order valence-electron chi connectivity index (χ0n) is 12.6. The summed E-state index contributed by atoms with van der Waals surface area (Å²) in [6.07, 6.45) is 5.96. The van der Waals surface area contributed by atoms with Gasteiger partial charge < -0.3 is 10.0 Å². The molecule has 1 N–H and O–H groups in total. The highest BCUT2D eigenvalue weighted by atomic mass is 16.3. The number of hydrogen-bond acceptors (Lipinski definition) is 2. The van der Waals surface area contributed by atoms with Gasteiger partial charge in [-0.2, -0.15) is 0 Å². The van der Waals surface area contributed by atoms with Crippen LogP contribution in [0, 0.1) is 6.92 Å². The summed E-state index contributed by atoms with van der Waals surface area (Å²) < 4.78 is 0. The minimum atomic E-state index is 0.455. The fraction of sp³-hybridized carbons (Fsp3) is 0.647. The van der Waals surface area contributed by atoms with Gasteiger partial charge in [0, 0.05) is 6.04 Å². The van der Waals surface area contributed by atoms with Crippen LogP contribution in [0.5, 0.6) is 5.75 Å². The lowest BCUT2D eigenvalue weighted by Crippen LogP contribution is -2.40. The van der Waals surface area contributed by atoms with E-state index in [2.05, 4.69) is 24.8 Å². The molecule has 0 amide bonds. The van der Waals surface area contributed by atoms with Crippen LogP contribution >= 0.6 is 0 Å². The SMILES string of the molecule is CCCN(CCC)[C@H]1CCc2cc(O)c(C)cc2C1. The summed E-state index contributed by atoms with van der Waals surface area (Å²) in [4.78, 5) is 2.66. The largest absolute Gasteiger partial charge is 0.508 e. The summed E-state index contributed by atoms with van der Waals surface area (Å²) in [6.45, 7) is 8.95. The zero-order chi connectivity index (χ0) is 13.8. The van der Waals surface area contributed by atoms with Gasteiger partial charge in [0.05, 0.1) is 0 Å². The predicted octanol–water partition coefficient (Wildman–Crippen LogP) is 3.68. The van der Waals surface area contributed by atoms with E-state index in [1.807, 2.05) is 13.0 Å². The van der Waals surface area contributed by atoms with Gasteiger partial charge in [0.25, 0.3) is 0 Å². The van der Waals surface area contributed by atoms with Crippen molar-refractivity contribution < 1.29 is 5.11 Å². The summed E-state index contributed by atoms with van der Waals surface area (Å²) >= 11 is 0. The first-order valence-electron chi connectivity index (χ1n) is 7.71. The smallest absolute Gasteiger partial charge is 0.118 e. The molecule has 2 nitrogen and oxygen atoms in total. The van der Waals surface area contributed by atoms with Gasteiger partial charge in [0.15, 0.2) is 0 Å². The van der Waals surface area contributed by atoms with Crippen molar-refractivity contribution in [3.8, 4) is 5.75 Å². The number of hydrogen-bond donors (Lipinski definition) is 1. The molecule has 2 heteroatoms. The van der Waals surface area contributed by atoms with E-state index in [0.717, 1.165) is 18.4 Å². The second-order valence-electron chi connectivity index (χ2n) is 5.84. The molecule has 1 atom stereocenters. The number of aromatic hydroxyl groups is 1. The van der Waals surface area contributed by atoms with Gasteiger partial charge in [0.2, 0.25) is 0 Å². The molecule has 0 saturated carbocycles. The molecule has 19 heavy (non-hydrogen) atoms. The monoisotopic (exact) mass is 261 g/mol. The molecule has 1 aromatic carbocycles. The van der Waals surface area contributed by atoms with Gasteiger partial charge in [0.1, 0.15) is 5.75 Å². The molecule has 0 aliphatic heterocycles. The summed E-state index contributed by atoms with van der Waals surface area (Å²) in [6, 6.07) is 4.86. The average molecular weight is 261 g/mol. The van der Waals surface area contributed by atoms with E-state index >= 15 is 0 Å². The van der Waals surface area contributed by atoms with Crippen LogP contribution in [-0.4, -0.2) is 29.1 Å². The third-order valence-corrected chi connectivity index (χ3v) is 4.26. The molecular weight excluding hydrogens is 234 g/mol. The second-order valence-corrected chi connectivity index (χ2v) is 5.84. The van der Waals surface area contributed by atoms with Gasteiger partial charge in [-0.3, -0.25) is 0 Å². The first kappa shape index (κ1) is 14.4. The maximum atomic E-state index is 9.81. The van der Waals surface area contributed by atoms with E-state index in [4.69, 9.17) is 0 Å². The Hall–Kier alpha value is -1.02. The van der Waals surface area contributed by atoms with E-state index in [9.17, 15) is 5.11 Å². The first-order valence-corrected chi connectivity index (χ1v) is 7.71. The van der Waals surface area contributed by atoms with Crippen molar-refractivity contribution in [2.24, 2.45) is 0 Å². The summed E-state index contributed by atoms with van der Waals surface area (Å²) in [5, 5.41) is 9.81. The molecule has 2 rings (SSSR count). The zero-order valence-corrected chi connectivity index (χ0v) is 12.6. The molecular formula is C17H27NO. The topological polar surface area (TPSA) is 23.5 Å². The molecule has 0 saturated heterocycles. The van der Waals surface area contributed by atoms with Crippen molar-refractivity contribution in [3.05, 3.63) is 28.8 Å². The highest BCUT2D eigenvalue weighted by Gasteiger charge is 2.24. The van der Waals surface area contributed by atoms with Crippen LogP contribution in [0.1, 0.15) is 49.8 Å². The predicted molar refractivity (Wildman–Crippen MR) is 80.8 cm³/mol. The lowest BCUT2D eigenvalue weighted by atomic mass is 9.86. The van der Waals surface area contributed by atoms with Gasteiger partial charge in [-0.05, 0) is 74.9 Å². The van der Waals surface area contributed by atoms with Crippen molar-refractivity contribution >= 4 is 0 Å². The molecule has 1 aliphatic carbocycles. The minimum Gasteiger partial charge on any atom is -0.508 e. The molecule has 0 bridgehead atoms. The summed E-state index contributed by atoms with van der Waals surface area (Å²) in [7, 11) is 0. The highest BCUT2D eigenvalue weighted by Crippen LogP contribution is 2.30. The van der Waals surface area contributed by atoms with Crippen LogP contribution in [-0.2, 0) is 12.8 Å². The Morgan fingerprint density at radius 2 is 1.84 bits per heavy atom. The third kappa shape index (κ3) is 3.30. The molecule has 0 unspecified atom stereocenters. The molecule has 0 radical (unpaired) electrons. The van der Waals surface area contributed by atoms with Crippen molar-refractivity contribution in [1.82, 2.24) is 4.90 Å². The van der Waals surface area contributed by atoms with E-state index in [0.29, 0.717) is 11.8 Å². The molecule has 106 valence electrons. The number of aryl methyl sites for hydroxylation is 2. The molecule has 1 aromatic rings.